The molecule has 0 saturated carbocycles. The fraction of sp³-hybridized carbons (Fsp3) is 0.200. The second-order valence-electron chi connectivity index (χ2n) is 4.61. The number of nitrogens with zero attached hydrogens (tertiary/aromatic N) is 1. The average Bonchev–Trinajstić information content (AvgIpc) is 2.40. The van der Waals surface area contributed by atoms with Gasteiger partial charge in [-0.3, -0.25) is 0 Å². The van der Waals surface area contributed by atoms with Crippen molar-refractivity contribution in [3.05, 3.63) is 59.7 Å². The number of benzene rings is 2. The summed E-state index contributed by atoms with van der Waals surface area (Å²) in [5.74, 6) is 0.623. The van der Waals surface area contributed by atoms with Crippen molar-refractivity contribution in [2.45, 2.75) is 12.3 Å². The molecule has 0 unspecified atom stereocenters. The Kier molecular flexibility index (Phi) is 1.51. The molecule has 0 aromatic heterocycles. The molecule has 5 rings (SSSR count). The summed E-state index contributed by atoms with van der Waals surface area (Å²) in [5.41, 5.74) is 5.84. The van der Waals surface area contributed by atoms with Crippen LogP contribution in [0.1, 0.15) is 23.5 Å². The summed E-state index contributed by atoms with van der Waals surface area (Å²) in [6.45, 7) is 1.17. The molecule has 0 N–H and O–H groups in total. The lowest BCUT2D eigenvalue weighted by Gasteiger charge is -2.43. The zero-order valence-corrected chi connectivity index (χ0v) is 9.06. The summed E-state index contributed by atoms with van der Waals surface area (Å²) in [4.78, 5) is 2.46. The molecular formula is C15H13N. The van der Waals surface area contributed by atoms with Gasteiger partial charge in [0.2, 0.25) is 0 Å². The van der Waals surface area contributed by atoms with Crippen LogP contribution in [0, 0.1) is 0 Å². The van der Waals surface area contributed by atoms with E-state index in [0.717, 1.165) is 0 Å². The standard InChI is InChI=1S/C15H13N/c1-3-7-14-12(5-1)11-9-10-16(14)15-8-4-2-6-13(11)15/h1-8,11H,9-10H2. The van der Waals surface area contributed by atoms with Crippen LogP contribution in [0.4, 0.5) is 11.4 Å². The number of hydrogen-bond donors (Lipinski definition) is 0. The average molecular weight is 207 g/mol. The van der Waals surface area contributed by atoms with Crippen LogP contribution in [0.25, 0.3) is 0 Å². The maximum Gasteiger partial charge on any atom is 0.0449 e. The highest BCUT2D eigenvalue weighted by atomic mass is 15.2. The molecule has 78 valence electrons. The van der Waals surface area contributed by atoms with Crippen LogP contribution in [0.5, 0.6) is 0 Å². The monoisotopic (exact) mass is 207 g/mol. The van der Waals surface area contributed by atoms with E-state index in [9.17, 15) is 0 Å². The first-order chi connectivity index (χ1) is 7.95. The van der Waals surface area contributed by atoms with Crippen LogP contribution in [-0.2, 0) is 0 Å². The highest BCUT2D eigenvalue weighted by Gasteiger charge is 2.34. The van der Waals surface area contributed by atoms with E-state index in [0.29, 0.717) is 5.92 Å². The molecule has 3 aliphatic heterocycles. The Labute approximate surface area is 95.3 Å². The van der Waals surface area contributed by atoms with E-state index < -0.39 is 0 Å². The SMILES string of the molecule is c1ccc2c(c1)C1CCN2c2ccccc21. The van der Waals surface area contributed by atoms with E-state index in [1.165, 1.54) is 35.5 Å². The number of para-hydroxylation sites is 2. The van der Waals surface area contributed by atoms with Crippen molar-refractivity contribution >= 4 is 11.4 Å². The van der Waals surface area contributed by atoms with Gasteiger partial charge in [0.15, 0.2) is 0 Å². The molecule has 0 aliphatic carbocycles. The van der Waals surface area contributed by atoms with Crippen molar-refractivity contribution in [3.63, 3.8) is 0 Å². The summed E-state index contributed by atoms with van der Waals surface area (Å²) >= 11 is 0. The van der Waals surface area contributed by atoms with Gasteiger partial charge in [0, 0.05) is 23.8 Å². The van der Waals surface area contributed by atoms with Crippen molar-refractivity contribution in [1.29, 1.82) is 0 Å². The van der Waals surface area contributed by atoms with Crippen LogP contribution in [0.15, 0.2) is 48.5 Å². The van der Waals surface area contributed by atoms with Crippen molar-refractivity contribution in [3.8, 4) is 0 Å². The third kappa shape index (κ3) is 0.909. The fourth-order valence-electron chi connectivity index (χ4n) is 3.16. The first-order valence-corrected chi connectivity index (χ1v) is 5.90. The number of fused-ring (bicyclic) bond motifs is 1. The highest BCUT2D eigenvalue weighted by molar-refractivity contribution is 5.77. The molecule has 0 radical (unpaired) electrons. The van der Waals surface area contributed by atoms with Gasteiger partial charge in [-0.25, -0.2) is 0 Å². The van der Waals surface area contributed by atoms with Gasteiger partial charge in [-0.05, 0) is 29.7 Å². The van der Waals surface area contributed by atoms with Gasteiger partial charge in [-0.15, -0.1) is 0 Å². The van der Waals surface area contributed by atoms with Crippen molar-refractivity contribution < 1.29 is 0 Å². The molecule has 2 aromatic rings. The Morgan fingerprint density at radius 1 is 0.812 bits per heavy atom. The molecule has 0 spiro atoms. The third-order valence-corrected chi connectivity index (χ3v) is 3.85. The van der Waals surface area contributed by atoms with Gasteiger partial charge in [0.05, 0.1) is 0 Å². The minimum absolute atomic E-state index is 0.623. The second-order valence-corrected chi connectivity index (χ2v) is 4.61. The van der Waals surface area contributed by atoms with Gasteiger partial charge in [0.25, 0.3) is 0 Å². The van der Waals surface area contributed by atoms with Crippen molar-refractivity contribution in [2.24, 2.45) is 0 Å². The first kappa shape index (κ1) is 8.40. The topological polar surface area (TPSA) is 3.24 Å². The van der Waals surface area contributed by atoms with Gasteiger partial charge in [0.1, 0.15) is 0 Å². The normalized spacial score (nSPS) is 17.1. The van der Waals surface area contributed by atoms with E-state index >= 15 is 0 Å². The van der Waals surface area contributed by atoms with Gasteiger partial charge in [-0.1, -0.05) is 36.4 Å². The summed E-state index contributed by atoms with van der Waals surface area (Å²) < 4.78 is 0. The fourth-order valence-corrected chi connectivity index (χ4v) is 3.16. The Balaban J connectivity index is 2.04. The van der Waals surface area contributed by atoms with Crippen LogP contribution < -0.4 is 4.90 Å². The lowest BCUT2D eigenvalue weighted by Crippen LogP contribution is -2.33. The highest BCUT2D eigenvalue weighted by Crippen LogP contribution is 2.50. The summed E-state index contributed by atoms with van der Waals surface area (Å²) in [6.07, 6.45) is 1.26. The third-order valence-electron chi connectivity index (χ3n) is 3.85. The largest absolute Gasteiger partial charge is 0.341 e. The van der Waals surface area contributed by atoms with E-state index in [1.54, 1.807) is 0 Å². The molecule has 1 heteroatoms. The molecule has 0 fully saturated rings. The predicted octanol–water partition coefficient (Wildman–Crippen LogP) is 3.67. The van der Waals surface area contributed by atoms with Crippen LogP contribution in [-0.4, -0.2) is 6.54 Å². The van der Waals surface area contributed by atoms with Gasteiger partial charge >= 0.3 is 0 Å². The summed E-state index contributed by atoms with van der Waals surface area (Å²) in [6, 6.07) is 17.6. The molecule has 1 nitrogen and oxygen atoms in total. The number of hydrogen-bond acceptors (Lipinski definition) is 1. The maximum atomic E-state index is 2.46. The summed E-state index contributed by atoms with van der Waals surface area (Å²) in [5, 5.41) is 0. The smallest absolute Gasteiger partial charge is 0.0449 e. The summed E-state index contributed by atoms with van der Waals surface area (Å²) in [7, 11) is 0. The quantitative estimate of drug-likeness (QED) is 0.637. The van der Waals surface area contributed by atoms with Crippen molar-refractivity contribution in [2.75, 3.05) is 11.4 Å². The maximum absolute atomic E-state index is 2.46. The number of anilines is 2. The minimum atomic E-state index is 0.623. The zero-order chi connectivity index (χ0) is 10.5. The molecule has 0 amide bonds. The Bertz CT molecular complexity index is 461. The molecule has 3 aliphatic rings. The lowest BCUT2D eigenvalue weighted by molar-refractivity contribution is 0.645. The van der Waals surface area contributed by atoms with Crippen LogP contribution >= 0.6 is 0 Å². The Morgan fingerprint density at radius 3 is 2.00 bits per heavy atom. The molecule has 3 heterocycles. The predicted molar refractivity (Wildman–Crippen MR) is 66.4 cm³/mol. The van der Waals surface area contributed by atoms with Gasteiger partial charge in [-0.2, -0.15) is 0 Å². The van der Waals surface area contributed by atoms with E-state index in [4.69, 9.17) is 0 Å². The van der Waals surface area contributed by atoms with Gasteiger partial charge < -0.3 is 4.90 Å². The number of rotatable bonds is 0. The van der Waals surface area contributed by atoms with Crippen molar-refractivity contribution in [1.82, 2.24) is 0 Å². The van der Waals surface area contributed by atoms with E-state index in [2.05, 4.69) is 53.4 Å². The second kappa shape index (κ2) is 2.88. The Hall–Kier alpha value is -1.76. The molecule has 2 bridgehead atoms. The lowest BCUT2D eigenvalue weighted by atomic mass is 9.79. The van der Waals surface area contributed by atoms with Crippen LogP contribution in [0.3, 0.4) is 0 Å². The Morgan fingerprint density at radius 2 is 1.38 bits per heavy atom. The minimum Gasteiger partial charge on any atom is -0.341 e. The van der Waals surface area contributed by atoms with Crippen LogP contribution in [0.2, 0.25) is 0 Å². The van der Waals surface area contributed by atoms with E-state index in [1.807, 2.05) is 0 Å². The molecule has 0 saturated heterocycles. The first-order valence-electron chi connectivity index (χ1n) is 5.90. The molecular weight excluding hydrogens is 194 g/mol. The van der Waals surface area contributed by atoms with E-state index in [-0.39, 0.29) is 0 Å². The zero-order valence-electron chi connectivity index (χ0n) is 9.06. The molecule has 16 heavy (non-hydrogen) atoms. The molecule has 0 atom stereocenters. The molecule has 2 aromatic carbocycles.